The van der Waals surface area contributed by atoms with Gasteiger partial charge in [0.25, 0.3) is 0 Å². The molecule has 2 atom stereocenters. The highest BCUT2D eigenvalue weighted by Crippen LogP contribution is 2.38. The first kappa shape index (κ1) is 22.4. The topological polar surface area (TPSA) is 118 Å². The molecule has 4 rings (SSSR count). The Morgan fingerprint density at radius 1 is 1.09 bits per heavy atom. The first-order chi connectivity index (χ1) is 15.2. The van der Waals surface area contributed by atoms with Gasteiger partial charge >= 0.3 is 5.97 Å². The molecule has 0 radical (unpaired) electrons. The van der Waals surface area contributed by atoms with Gasteiger partial charge in [0.15, 0.2) is 12.4 Å². The Kier molecular flexibility index (Phi) is 6.07. The Hall–Kier alpha value is -2.75. The predicted molar refractivity (Wildman–Crippen MR) is 114 cm³/mol. The van der Waals surface area contributed by atoms with Gasteiger partial charge < -0.3 is 4.74 Å². The van der Waals surface area contributed by atoms with Crippen LogP contribution in [0.4, 0.5) is 5.69 Å². The molecule has 2 fully saturated rings. The standard InChI is InChI=1S/C22H26N2O7S/c1-2-32(29,30)24-10-9-14-11-15(7-8-18(14)24)19(25)13-31-20(26)12-23-21(27)16-5-3-4-6-17(16)22(23)28/h7-8,11,16-17H,2-6,9-10,12-13H2,1H3/t16-,17+. The number of Topliss-reactive ketones (excluding diaryl/α,β-unsaturated/α-hetero) is 1. The van der Waals surface area contributed by atoms with E-state index in [0.29, 0.717) is 37.1 Å². The molecule has 1 saturated heterocycles. The largest absolute Gasteiger partial charge is 0.456 e. The predicted octanol–water partition coefficient (Wildman–Crippen LogP) is 1.30. The number of esters is 1. The average molecular weight is 463 g/mol. The summed E-state index contributed by atoms with van der Waals surface area (Å²) in [4.78, 5) is 50.6. The van der Waals surface area contributed by atoms with E-state index in [1.165, 1.54) is 10.4 Å². The third-order valence-electron chi connectivity index (χ3n) is 6.54. The van der Waals surface area contributed by atoms with Crippen molar-refractivity contribution in [3.05, 3.63) is 29.3 Å². The zero-order chi connectivity index (χ0) is 23.0. The van der Waals surface area contributed by atoms with Gasteiger partial charge in [-0.05, 0) is 49.9 Å². The summed E-state index contributed by atoms with van der Waals surface area (Å²) < 4.78 is 30.7. The van der Waals surface area contributed by atoms with Crippen molar-refractivity contribution in [3.63, 3.8) is 0 Å². The molecule has 172 valence electrons. The Bertz CT molecular complexity index is 1060. The van der Waals surface area contributed by atoms with Gasteiger partial charge in [-0.25, -0.2) is 8.42 Å². The van der Waals surface area contributed by atoms with E-state index >= 15 is 0 Å². The number of likely N-dealkylation sites (tertiary alicyclic amines) is 1. The molecular formula is C22H26N2O7S. The monoisotopic (exact) mass is 462 g/mol. The number of hydrogen-bond acceptors (Lipinski definition) is 7. The number of imide groups is 1. The summed E-state index contributed by atoms with van der Waals surface area (Å²) in [5.41, 5.74) is 1.62. The number of amides is 2. The third kappa shape index (κ3) is 4.03. The van der Waals surface area contributed by atoms with E-state index in [-0.39, 0.29) is 29.4 Å². The van der Waals surface area contributed by atoms with Crippen molar-refractivity contribution in [1.29, 1.82) is 0 Å². The van der Waals surface area contributed by atoms with Crippen LogP contribution in [0.1, 0.15) is 48.5 Å². The summed E-state index contributed by atoms with van der Waals surface area (Å²) >= 11 is 0. The van der Waals surface area contributed by atoms with Crippen LogP contribution in [0.3, 0.4) is 0 Å². The quantitative estimate of drug-likeness (QED) is 0.340. The SMILES string of the molecule is CCS(=O)(=O)N1CCc2cc(C(=O)COC(=O)CN3C(=O)[C@H]4CCCC[C@H]4C3=O)ccc21. The first-order valence-electron chi connectivity index (χ1n) is 10.9. The lowest BCUT2D eigenvalue weighted by Gasteiger charge is -2.19. The number of ether oxygens (including phenoxy) is 1. The molecule has 1 aliphatic carbocycles. The number of sulfonamides is 1. The highest BCUT2D eigenvalue weighted by Gasteiger charge is 2.48. The maximum atomic E-state index is 12.5. The number of fused-ring (bicyclic) bond motifs is 2. The van der Waals surface area contributed by atoms with Crippen LogP contribution in [0.15, 0.2) is 18.2 Å². The third-order valence-corrected chi connectivity index (χ3v) is 8.32. The van der Waals surface area contributed by atoms with Crippen molar-refractivity contribution >= 4 is 39.3 Å². The van der Waals surface area contributed by atoms with E-state index in [4.69, 9.17) is 4.74 Å². The van der Waals surface area contributed by atoms with Gasteiger partial charge in [-0.2, -0.15) is 0 Å². The second-order valence-electron chi connectivity index (χ2n) is 8.41. The van der Waals surface area contributed by atoms with Crippen LogP contribution in [-0.2, 0) is 35.6 Å². The van der Waals surface area contributed by atoms with Crippen molar-refractivity contribution < 1.29 is 32.3 Å². The van der Waals surface area contributed by atoms with Crippen LogP contribution in [0.25, 0.3) is 0 Å². The van der Waals surface area contributed by atoms with Crippen LogP contribution < -0.4 is 4.31 Å². The zero-order valence-electron chi connectivity index (χ0n) is 17.9. The molecule has 32 heavy (non-hydrogen) atoms. The fraction of sp³-hybridized carbons (Fsp3) is 0.545. The minimum atomic E-state index is -3.38. The summed E-state index contributed by atoms with van der Waals surface area (Å²) in [6, 6.07) is 4.72. The number of benzene rings is 1. The van der Waals surface area contributed by atoms with E-state index in [9.17, 15) is 27.6 Å². The van der Waals surface area contributed by atoms with Crippen LogP contribution >= 0.6 is 0 Å². The van der Waals surface area contributed by atoms with Gasteiger partial charge in [-0.15, -0.1) is 0 Å². The Morgan fingerprint density at radius 2 is 1.75 bits per heavy atom. The number of anilines is 1. The Morgan fingerprint density at radius 3 is 2.38 bits per heavy atom. The van der Waals surface area contributed by atoms with E-state index in [2.05, 4.69) is 0 Å². The lowest BCUT2D eigenvalue weighted by molar-refractivity contribution is -0.152. The summed E-state index contributed by atoms with van der Waals surface area (Å²) in [6.07, 6.45) is 3.62. The van der Waals surface area contributed by atoms with Crippen molar-refractivity contribution in [1.82, 2.24) is 4.90 Å². The molecule has 0 bridgehead atoms. The maximum Gasteiger partial charge on any atom is 0.326 e. The number of hydrogen-bond donors (Lipinski definition) is 0. The molecule has 0 unspecified atom stereocenters. The summed E-state index contributed by atoms with van der Waals surface area (Å²) in [5, 5.41) is 0. The molecule has 3 aliphatic rings. The second-order valence-corrected chi connectivity index (χ2v) is 10.6. The lowest BCUT2D eigenvalue weighted by Crippen LogP contribution is -2.37. The smallest absolute Gasteiger partial charge is 0.326 e. The summed E-state index contributed by atoms with van der Waals surface area (Å²) in [5.74, 6) is -2.58. The number of carbonyl (C=O) groups is 4. The molecule has 10 heteroatoms. The minimum absolute atomic E-state index is 0.00735. The van der Waals surface area contributed by atoms with Gasteiger partial charge in [0.1, 0.15) is 6.54 Å². The molecule has 9 nitrogen and oxygen atoms in total. The number of nitrogens with zero attached hydrogens (tertiary/aromatic N) is 2. The van der Waals surface area contributed by atoms with Gasteiger partial charge in [-0.3, -0.25) is 28.4 Å². The molecule has 0 N–H and O–H groups in total. The molecule has 2 aliphatic heterocycles. The van der Waals surface area contributed by atoms with E-state index in [1.54, 1.807) is 19.1 Å². The van der Waals surface area contributed by atoms with Crippen LogP contribution in [0.2, 0.25) is 0 Å². The van der Waals surface area contributed by atoms with Gasteiger partial charge in [0.2, 0.25) is 21.8 Å². The lowest BCUT2D eigenvalue weighted by atomic mass is 9.81. The summed E-state index contributed by atoms with van der Waals surface area (Å²) in [6.45, 7) is 0.915. The normalized spacial score (nSPS) is 22.7. The van der Waals surface area contributed by atoms with Crippen molar-refractivity contribution in [2.75, 3.05) is 29.8 Å². The second kappa shape index (κ2) is 8.65. The fourth-order valence-corrected chi connectivity index (χ4v) is 5.94. The summed E-state index contributed by atoms with van der Waals surface area (Å²) in [7, 11) is -3.38. The average Bonchev–Trinajstić information content (AvgIpc) is 3.33. The molecule has 1 aromatic rings. The van der Waals surface area contributed by atoms with Crippen LogP contribution in [-0.4, -0.2) is 62.3 Å². The van der Waals surface area contributed by atoms with Crippen molar-refractivity contribution in [2.24, 2.45) is 11.8 Å². The first-order valence-corrected chi connectivity index (χ1v) is 12.5. The molecule has 1 aromatic carbocycles. The van der Waals surface area contributed by atoms with E-state index in [0.717, 1.165) is 23.3 Å². The molecule has 2 heterocycles. The maximum absolute atomic E-state index is 12.5. The van der Waals surface area contributed by atoms with Gasteiger partial charge in [-0.1, -0.05) is 12.8 Å². The number of ketones is 1. The molecule has 2 amide bonds. The van der Waals surface area contributed by atoms with Crippen molar-refractivity contribution in [2.45, 2.75) is 39.0 Å². The fourth-order valence-electron chi connectivity index (χ4n) is 4.78. The Labute approximate surface area is 186 Å². The molecule has 0 aromatic heterocycles. The van der Waals surface area contributed by atoms with Crippen molar-refractivity contribution in [3.8, 4) is 0 Å². The van der Waals surface area contributed by atoms with Gasteiger partial charge in [0.05, 0.1) is 23.3 Å². The van der Waals surface area contributed by atoms with Gasteiger partial charge in [0, 0.05) is 12.1 Å². The highest BCUT2D eigenvalue weighted by atomic mass is 32.2. The van der Waals surface area contributed by atoms with Crippen LogP contribution in [0, 0.1) is 11.8 Å². The minimum Gasteiger partial charge on any atom is -0.456 e. The zero-order valence-corrected chi connectivity index (χ0v) is 18.7. The van der Waals surface area contributed by atoms with Crippen LogP contribution in [0.5, 0.6) is 0 Å². The number of carbonyl (C=O) groups excluding carboxylic acids is 4. The van der Waals surface area contributed by atoms with E-state index < -0.39 is 34.9 Å². The Balaban J connectivity index is 1.35. The molecule has 1 saturated carbocycles. The molecule has 0 spiro atoms. The molecular weight excluding hydrogens is 436 g/mol. The van der Waals surface area contributed by atoms with E-state index in [1.807, 2.05) is 0 Å². The number of rotatable bonds is 7. The highest BCUT2D eigenvalue weighted by molar-refractivity contribution is 7.92.